The summed E-state index contributed by atoms with van der Waals surface area (Å²) < 4.78 is 1.96. The van der Waals surface area contributed by atoms with E-state index in [0.717, 1.165) is 32.1 Å². The number of carbonyl (C=O) groups excluding carboxylic acids is 1. The van der Waals surface area contributed by atoms with Gasteiger partial charge < -0.3 is 14.6 Å². The van der Waals surface area contributed by atoms with Crippen molar-refractivity contribution in [3.8, 4) is 0 Å². The first-order valence-corrected chi connectivity index (χ1v) is 7.84. The van der Waals surface area contributed by atoms with Crippen molar-refractivity contribution in [1.29, 1.82) is 0 Å². The number of nitrogens with zero attached hydrogens (tertiary/aromatic N) is 2. The maximum atomic E-state index is 12.8. The Morgan fingerprint density at radius 3 is 2.71 bits per heavy atom. The number of amides is 1. The third-order valence-corrected chi connectivity index (χ3v) is 4.48. The van der Waals surface area contributed by atoms with Crippen LogP contribution in [0.3, 0.4) is 0 Å². The normalized spacial score (nSPS) is 22.3. The molecule has 1 amide bonds. The molecule has 1 aliphatic heterocycles. The van der Waals surface area contributed by atoms with Crippen LogP contribution in [0.15, 0.2) is 12.3 Å². The van der Waals surface area contributed by atoms with Crippen molar-refractivity contribution in [2.75, 3.05) is 6.54 Å². The lowest BCUT2D eigenvalue weighted by Gasteiger charge is -2.35. The lowest BCUT2D eigenvalue weighted by molar-refractivity contribution is -0.138. The van der Waals surface area contributed by atoms with E-state index < -0.39 is 5.97 Å². The average molecular weight is 311 g/mol. The number of halogens is 1. The summed E-state index contributed by atoms with van der Waals surface area (Å²) in [5.41, 5.74) is 0.597. The van der Waals surface area contributed by atoms with Crippen molar-refractivity contribution in [3.63, 3.8) is 0 Å². The number of rotatable bonds is 4. The molecule has 1 saturated heterocycles. The second-order valence-corrected chi connectivity index (χ2v) is 6.36. The number of hydrogen-bond donors (Lipinski definition) is 1. The summed E-state index contributed by atoms with van der Waals surface area (Å²) >= 11 is 6.06. The Hall–Kier alpha value is -1.49. The van der Waals surface area contributed by atoms with Crippen LogP contribution in [0.5, 0.6) is 0 Å². The first kappa shape index (κ1) is 14.4. The lowest BCUT2D eigenvalue weighted by Crippen LogP contribution is -2.45. The molecule has 2 aliphatic rings. The molecule has 6 heteroatoms. The fourth-order valence-corrected chi connectivity index (χ4v) is 3.31. The van der Waals surface area contributed by atoms with Crippen molar-refractivity contribution < 1.29 is 14.7 Å². The van der Waals surface area contributed by atoms with E-state index in [1.807, 2.05) is 10.8 Å². The second kappa shape index (κ2) is 5.72. The van der Waals surface area contributed by atoms with Crippen LogP contribution in [0.1, 0.15) is 55.1 Å². The summed E-state index contributed by atoms with van der Waals surface area (Å²) in [6.45, 7) is 0.629. The van der Waals surface area contributed by atoms with Gasteiger partial charge in [0.2, 0.25) is 0 Å². The molecule has 0 aromatic carbocycles. The minimum absolute atomic E-state index is 0.0175. The largest absolute Gasteiger partial charge is 0.481 e. The van der Waals surface area contributed by atoms with Gasteiger partial charge in [-0.3, -0.25) is 9.59 Å². The topological polar surface area (TPSA) is 62.5 Å². The van der Waals surface area contributed by atoms with E-state index in [4.69, 9.17) is 16.7 Å². The number of piperidine rings is 1. The van der Waals surface area contributed by atoms with E-state index in [0.29, 0.717) is 23.3 Å². The van der Waals surface area contributed by atoms with Crippen molar-refractivity contribution >= 4 is 23.5 Å². The van der Waals surface area contributed by atoms with E-state index >= 15 is 0 Å². The zero-order valence-corrected chi connectivity index (χ0v) is 12.6. The highest BCUT2D eigenvalue weighted by Gasteiger charge is 2.33. The molecule has 0 radical (unpaired) electrons. The van der Waals surface area contributed by atoms with Crippen LogP contribution in [0.2, 0.25) is 5.02 Å². The summed E-state index contributed by atoms with van der Waals surface area (Å²) in [5, 5.41) is 9.60. The van der Waals surface area contributed by atoms with Gasteiger partial charge in [-0.25, -0.2) is 0 Å². The van der Waals surface area contributed by atoms with Gasteiger partial charge in [0.05, 0.1) is 11.4 Å². The van der Waals surface area contributed by atoms with Crippen LogP contribution in [0, 0.1) is 0 Å². The van der Waals surface area contributed by atoms with Crippen molar-refractivity contribution in [2.45, 2.75) is 50.6 Å². The van der Waals surface area contributed by atoms with Gasteiger partial charge in [0.15, 0.2) is 0 Å². The Labute approximate surface area is 128 Å². The molecule has 0 bridgehead atoms. The van der Waals surface area contributed by atoms with Gasteiger partial charge in [-0.2, -0.15) is 0 Å². The maximum absolute atomic E-state index is 12.8. The molecule has 2 fully saturated rings. The molecule has 2 heterocycles. The highest BCUT2D eigenvalue weighted by Crippen LogP contribution is 2.38. The standard InChI is InChI=1S/C15H19ClN2O3/c16-10-7-13(18(9-10)11-4-5-11)15(21)17-6-2-1-3-12(17)8-14(19)20/h7,9,11-12H,1-6,8H2,(H,19,20). The number of carboxylic acid groups (broad SMARTS) is 1. The quantitative estimate of drug-likeness (QED) is 0.930. The van der Waals surface area contributed by atoms with E-state index in [1.54, 1.807) is 11.0 Å². The highest BCUT2D eigenvalue weighted by molar-refractivity contribution is 6.31. The van der Waals surface area contributed by atoms with Crippen molar-refractivity contribution in [3.05, 3.63) is 23.0 Å². The van der Waals surface area contributed by atoms with Gasteiger partial charge in [0.1, 0.15) is 5.69 Å². The van der Waals surface area contributed by atoms with Crippen LogP contribution in [0.25, 0.3) is 0 Å². The van der Waals surface area contributed by atoms with Gasteiger partial charge in [-0.15, -0.1) is 0 Å². The number of aromatic nitrogens is 1. The summed E-state index contributed by atoms with van der Waals surface area (Å²) in [6.07, 6.45) is 6.64. The van der Waals surface area contributed by atoms with Crippen LogP contribution >= 0.6 is 11.6 Å². The number of likely N-dealkylation sites (tertiary alicyclic amines) is 1. The minimum atomic E-state index is -0.852. The van der Waals surface area contributed by atoms with E-state index in [2.05, 4.69) is 0 Å². The first-order valence-electron chi connectivity index (χ1n) is 7.46. The van der Waals surface area contributed by atoms with Gasteiger partial charge in [-0.05, 0) is 38.2 Å². The SMILES string of the molecule is O=C(O)CC1CCCCN1C(=O)c1cc(Cl)cn1C1CC1. The summed E-state index contributed by atoms with van der Waals surface area (Å²) in [5.74, 6) is -0.935. The second-order valence-electron chi connectivity index (χ2n) is 5.93. The Kier molecular flexibility index (Phi) is 3.93. The molecule has 1 aromatic rings. The summed E-state index contributed by atoms with van der Waals surface area (Å²) in [7, 11) is 0. The number of hydrogen-bond acceptors (Lipinski definition) is 2. The van der Waals surface area contributed by atoms with Crippen LogP contribution < -0.4 is 0 Å². The van der Waals surface area contributed by atoms with Crippen LogP contribution in [-0.2, 0) is 4.79 Å². The van der Waals surface area contributed by atoms with E-state index in [9.17, 15) is 9.59 Å². The zero-order valence-electron chi connectivity index (χ0n) is 11.8. The Balaban J connectivity index is 1.83. The maximum Gasteiger partial charge on any atom is 0.305 e. The van der Waals surface area contributed by atoms with Gasteiger partial charge in [0, 0.05) is 24.8 Å². The molecule has 1 saturated carbocycles. The zero-order chi connectivity index (χ0) is 15.0. The third kappa shape index (κ3) is 3.07. The Morgan fingerprint density at radius 2 is 2.05 bits per heavy atom. The van der Waals surface area contributed by atoms with Gasteiger partial charge in [-0.1, -0.05) is 11.6 Å². The molecule has 1 aromatic heterocycles. The molecule has 114 valence electrons. The van der Waals surface area contributed by atoms with Crippen molar-refractivity contribution in [2.24, 2.45) is 0 Å². The minimum Gasteiger partial charge on any atom is -0.481 e. The fraction of sp³-hybridized carbons (Fsp3) is 0.600. The molecule has 1 aliphatic carbocycles. The summed E-state index contributed by atoms with van der Waals surface area (Å²) in [6, 6.07) is 1.87. The van der Waals surface area contributed by atoms with E-state index in [-0.39, 0.29) is 18.4 Å². The monoisotopic (exact) mass is 310 g/mol. The Morgan fingerprint density at radius 1 is 1.29 bits per heavy atom. The number of carbonyl (C=O) groups is 2. The van der Waals surface area contributed by atoms with Crippen LogP contribution in [-0.4, -0.2) is 39.0 Å². The molecule has 1 atom stereocenters. The number of carboxylic acids is 1. The van der Waals surface area contributed by atoms with E-state index in [1.165, 1.54) is 0 Å². The molecule has 5 nitrogen and oxygen atoms in total. The summed E-state index contributed by atoms with van der Waals surface area (Å²) in [4.78, 5) is 25.5. The third-order valence-electron chi connectivity index (χ3n) is 4.27. The highest BCUT2D eigenvalue weighted by atomic mass is 35.5. The number of aliphatic carboxylic acids is 1. The predicted octanol–water partition coefficient (Wildman–Crippen LogP) is 2.95. The molecule has 0 spiro atoms. The molecular formula is C15H19ClN2O3. The molecule has 1 N–H and O–H groups in total. The molecule has 1 unspecified atom stereocenters. The molecule has 21 heavy (non-hydrogen) atoms. The Bertz CT molecular complexity index is 565. The fourth-order valence-electron chi connectivity index (χ4n) is 3.10. The van der Waals surface area contributed by atoms with Crippen molar-refractivity contribution in [1.82, 2.24) is 9.47 Å². The van der Waals surface area contributed by atoms with Gasteiger partial charge >= 0.3 is 5.97 Å². The average Bonchev–Trinajstić information content (AvgIpc) is 3.21. The smallest absolute Gasteiger partial charge is 0.305 e. The van der Waals surface area contributed by atoms with Gasteiger partial charge in [0.25, 0.3) is 5.91 Å². The molecular weight excluding hydrogens is 292 g/mol. The first-order chi connectivity index (χ1) is 10.1. The predicted molar refractivity (Wildman–Crippen MR) is 78.6 cm³/mol. The molecule has 3 rings (SSSR count). The lowest BCUT2D eigenvalue weighted by atomic mass is 9.99. The van der Waals surface area contributed by atoms with Crippen LogP contribution in [0.4, 0.5) is 0 Å².